The topological polar surface area (TPSA) is 42.2 Å². The predicted octanol–water partition coefficient (Wildman–Crippen LogP) is 3.96. The molecule has 3 rings (SSSR count). The lowest BCUT2D eigenvalue weighted by Crippen LogP contribution is -2.45. The number of nitrogens with zero attached hydrogens (tertiary/aromatic N) is 1. The summed E-state index contributed by atoms with van der Waals surface area (Å²) in [5.74, 6) is -0.0150. The monoisotopic (exact) mass is 289 g/mol. The average molecular weight is 289 g/mol. The maximum atomic E-state index is 13.6. The molecule has 1 aromatic rings. The van der Waals surface area contributed by atoms with E-state index in [1.165, 1.54) is 31.4 Å². The van der Waals surface area contributed by atoms with E-state index >= 15 is 0 Å². The number of nitriles is 1. The second kappa shape index (κ2) is 6.03. The molecular formula is C17H20FNO2. The zero-order valence-corrected chi connectivity index (χ0v) is 12.1. The van der Waals surface area contributed by atoms with Gasteiger partial charge in [-0.3, -0.25) is 0 Å². The van der Waals surface area contributed by atoms with Gasteiger partial charge in [-0.1, -0.05) is 19.3 Å². The largest absolute Gasteiger partial charge is 0.490 e. The molecule has 2 aliphatic rings. The molecule has 3 nitrogen and oxygen atoms in total. The molecule has 21 heavy (non-hydrogen) atoms. The molecule has 1 unspecified atom stereocenters. The van der Waals surface area contributed by atoms with Gasteiger partial charge in [0.25, 0.3) is 0 Å². The molecule has 0 bridgehead atoms. The van der Waals surface area contributed by atoms with Crippen molar-refractivity contribution >= 4 is 0 Å². The average Bonchev–Trinajstić information content (AvgIpc) is 2.48. The summed E-state index contributed by atoms with van der Waals surface area (Å²) >= 11 is 0. The van der Waals surface area contributed by atoms with E-state index in [2.05, 4.69) is 0 Å². The van der Waals surface area contributed by atoms with Crippen molar-refractivity contribution in [2.75, 3.05) is 6.61 Å². The standard InChI is InChI=1S/C17H20FNO2/c18-16-10-14(5-4-13(16)12-19)21-15-6-9-20-17(11-15)7-2-1-3-8-17/h4-5,10,15H,1-3,6-9,11H2. The Morgan fingerprint density at radius 1 is 1.29 bits per heavy atom. The molecule has 4 heteroatoms. The van der Waals surface area contributed by atoms with Gasteiger partial charge in [-0.15, -0.1) is 0 Å². The van der Waals surface area contributed by atoms with Crippen molar-refractivity contribution in [3.05, 3.63) is 29.6 Å². The Balaban J connectivity index is 1.67. The zero-order chi connectivity index (χ0) is 14.7. The minimum Gasteiger partial charge on any atom is -0.490 e. The highest BCUT2D eigenvalue weighted by Gasteiger charge is 2.39. The summed E-state index contributed by atoms with van der Waals surface area (Å²) < 4.78 is 25.6. The summed E-state index contributed by atoms with van der Waals surface area (Å²) in [4.78, 5) is 0. The van der Waals surface area contributed by atoms with E-state index in [4.69, 9.17) is 14.7 Å². The van der Waals surface area contributed by atoms with Crippen molar-refractivity contribution in [2.24, 2.45) is 0 Å². The van der Waals surface area contributed by atoms with Gasteiger partial charge < -0.3 is 9.47 Å². The zero-order valence-electron chi connectivity index (χ0n) is 12.1. The summed E-state index contributed by atoms with van der Waals surface area (Å²) in [6.07, 6.45) is 7.74. The fourth-order valence-electron chi connectivity index (χ4n) is 3.48. The summed E-state index contributed by atoms with van der Waals surface area (Å²) in [6.45, 7) is 0.712. The van der Waals surface area contributed by atoms with Gasteiger partial charge in [0.2, 0.25) is 0 Å². The first kappa shape index (κ1) is 14.3. The molecule has 1 atom stereocenters. The molecule has 1 aliphatic heterocycles. The third-order valence-corrected chi connectivity index (χ3v) is 4.58. The second-order valence-electron chi connectivity index (χ2n) is 6.08. The van der Waals surface area contributed by atoms with Gasteiger partial charge >= 0.3 is 0 Å². The summed E-state index contributed by atoms with van der Waals surface area (Å²) in [6, 6.07) is 6.27. The van der Waals surface area contributed by atoms with Crippen molar-refractivity contribution < 1.29 is 13.9 Å². The lowest BCUT2D eigenvalue weighted by atomic mass is 9.79. The quantitative estimate of drug-likeness (QED) is 0.827. The third-order valence-electron chi connectivity index (χ3n) is 4.58. The minimum absolute atomic E-state index is 0.0215. The van der Waals surface area contributed by atoms with E-state index < -0.39 is 5.82 Å². The van der Waals surface area contributed by atoms with Crippen LogP contribution in [0.25, 0.3) is 0 Å². The maximum Gasteiger partial charge on any atom is 0.144 e. The second-order valence-corrected chi connectivity index (χ2v) is 6.08. The molecule has 112 valence electrons. The van der Waals surface area contributed by atoms with Crippen LogP contribution in [-0.4, -0.2) is 18.3 Å². The highest BCUT2D eigenvalue weighted by Crippen LogP contribution is 2.39. The van der Waals surface area contributed by atoms with E-state index in [0.717, 1.165) is 25.7 Å². The van der Waals surface area contributed by atoms with Crippen molar-refractivity contribution in [3.8, 4) is 11.8 Å². The van der Waals surface area contributed by atoms with E-state index in [-0.39, 0.29) is 17.3 Å². The van der Waals surface area contributed by atoms with Gasteiger partial charge in [0, 0.05) is 18.9 Å². The van der Waals surface area contributed by atoms with Crippen LogP contribution in [0.3, 0.4) is 0 Å². The lowest BCUT2D eigenvalue weighted by molar-refractivity contribution is -0.129. The number of hydrogen-bond acceptors (Lipinski definition) is 3. The molecule has 1 aliphatic carbocycles. The maximum absolute atomic E-state index is 13.6. The SMILES string of the molecule is N#Cc1ccc(OC2CCOC3(CCCCC3)C2)cc1F. The fourth-order valence-corrected chi connectivity index (χ4v) is 3.48. The van der Waals surface area contributed by atoms with Crippen molar-refractivity contribution in [2.45, 2.75) is 56.7 Å². The molecule has 2 fully saturated rings. The summed E-state index contributed by atoms with van der Waals surface area (Å²) in [5.41, 5.74) is 0.0323. The van der Waals surface area contributed by atoms with Crippen LogP contribution in [0.1, 0.15) is 50.5 Å². The first-order valence-corrected chi connectivity index (χ1v) is 7.71. The van der Waals surface area contributed by atoms with Gasteiger partial charge in [-0.2, -0.15) is 5.26 Å². The molecular weight excluding hydrogens is 269 g/mol. The first-order chi connectivity index (χ1) is 10.2. The van der Waals surface area contributed by atoms with Crippen LogP contribution >= 0.6 is 0 Å². The van der Waals surface area contributed by atoms with Crippen LogP contribution in [0.4, 0.5) is 4.39 Å². The van der Waals surface area contributed by atoms with Crippen molar-refractivity contribution in [1.29, 1.82) is 5.26 Å². The number of halogens is 1. The third kappa shape index (κ3) is 3.19. The van der Waals surface area contributed by atoms with Gasteiger partial charge in [0.1, 0.15) is 23.7 Å². The van der Waals surface area contributed by atoms with Gasteiger partial charge in [0.05, 0.1) is 17.8 Å². The number of hydrogen-bond donors (Lipinski definition) is 0. The van der Waals surface area contributed by atoms with E-state index in [1.807, 2.05) is 6.07 Å². The van der Waals surface area contributed by atoms with E-state index in [9.17, 15) is 4.39 Å². The Labute approximate surface area is 124 Å². The van der Waals surface area contributed by atoms with E-state index in [0.29, 0.717) is 12.4 Å². The molecule has 1 heterocycles. The summed E-state index contributed by atoms with van der Waals surface area (Å²) in [5, 5.41) is 8.75. The summed E-state index contributed by atoms with van der Waals surface area (Å²) in [7, 11) is 0. The predicted molar refractivity (Wildman–Crippen MR) is 76.5 cm³/mol. The highest BCUT2D eigenvalue weighted by atomic mass is 19.1. The van der Waals surface area contributed by atoms with Crippen LogP contribution in [0.2, 0.25) is 0 Å². The normalized spacial score (nSPS) is 24.5. The van der Waals surface area contributed by atoms with E-state index in [1.54, 1.807) is 6.07 Å². The molecule has 1 aromatic carbocycles. The molecule has 0 amide bonds. The Bertz CT molecular complexity index is 541. The van der Waals surface area contributed by atoms with Crippen LogP contribution in [0.5, 0.6) is 5.75 Å². The Morgan fingerprint density at radius 3 is 2.81 bits per heavy atom. The van der Waals surface area contributed by atoms with Crippen molar-refractivity contribution in [3.63, 3.8) is 0 Å². The number of benzene rings is 1. The fraction of sp³-hybridized carbons (Fsp3) is 0.588. The molecule has 1 saturated carbocycles. The Hall–Kier alpha value is -1.60. The molecule has 0 N–H and O–H groups in total. The van der Waals surface area contributed by atoms with Crippen LogP contribution in [-0.2, 0) is 4.74 Å². The van der Waals surface area contributed by atoms with Gasteiger partial charge in [0.15, 0.2) is 0 Å². The molecule has 0 aromatic heterocycles. The van der Waals surface area contributed by atoms with Crippen molar-refractivity contribution in [1.82, 2.24) is 0 Å². The molecule has 0 radical (unpaired) electrons. The highest BCUT2D eigenvalue weighted by molar-refractivity contribution is 5.36. The Kier molecular flexibility index (Phi) is 4.12. The molecule has 1 saturated heterocycles. The number of rotatable bonds is 2. The Morgan fingerprint density at radius 2 is 2.10 bits per heavy atom. The first-order valence-electron chi connectivity index (χ1n) is 7.71. The minimum atomic E-state index is -0.519. The number of ether oxygens (including phenoxy) is 2. The van der Waals surface area contributed by atoms with Gasteiger partial charge in [-0.25, -0.2) is 4.39 Å². The smallest absolute Gasteiger partial charge is 0.144 e. The van der Waals surface area contributed by atoms with Crippen LogP contribution in [0.15, 0.2) is 18.2 Å². The molecule has 1 spiro atoms. The van der Waals surface area contributed by atoms with Crippen LogP contribution < -0.4 is 4.74 Å². The lowest BCUT2D eigenvalue weighted by Gasteiger charge is -2.43. The van der Waals surface area contributed by atoms with Gasteiger partial charge in [-0.05, 0) is 25.0 Å². The van der Waals surface area contributed by atoms with Crippen LogP contribution in [0, 0.1) is 17.1 Å².